The molecule has 0 unspecified atom stereocenters. The Hall–Kier alpha value is -1.36. The average molecular weight is 309 g/mol. The predicted molar refractivity (Wildman–Crippen MR) is 76.5 cm³/mol. The van der Waals surface area contributed by atoms with Crippen LogP contribution in [0.5, 0.6) is 0 Å². The maximum atomic E-state index is 4.28. The highest BCUT2D eigenvalue weighted by Crippen LogP contribution is 2.25. The minimum Gasteiger partial charge on any atom is -0.377 e. The molecular formula is C13H17BrN4. The number of aryl methyl sites for hydroxylation is 2. The van der Waals surface area contributed by atoms with Crippen LogP contribution in [-0.4, -0.2) is 14.8 Å². The second-order valence-corrected chi connectivity index (χ2v) is 4.98. The Kier molecular flexibility index (Phi) is 4.36. The van der Waals surface area contributed by atoms with Gasteiger partial charge < -0.3 is 5.32 Å². The maximum absolute atomic E-state index is 4.28. The van der Waals surface area contributed by atoms with Gasteiger partial charge in [-0.3, -0.25) is 0 Å². The zero-order valence-electron chi connectivity index (χ0n) is 10.7. The van der Waals surface area contributed by atoms with Crippen LogP contribution in [0.25, 0.3) is 0 Å². The first-order chi connectivity index (χ1) is 8.72. The van der Waals surface area contributed by atoms with Crippen LogP contribution >= 0.6 is 15.9 Å². The highest BCUT2D eigenvalue weighted by Gasteiger charge is 2.05. The Balaban J connectivity index is 2.07. The van der Waals surface area contributed by atoms with Crippen molar-refractivity contribution in [3.05, 3.63) is 40.4 Å². The summed E-state index contributed by atoms with van der Waals surface area (Å²) in [7, 11) is 0. The number of aromatic nitrogens is 3. The van der Waals surface area contributed by atoms with Gasteiger partial charge in [-0.25, -0.2) is 9.67 Å². The minimum atomic E-state index is 0.683. The molecule has 0 bridgehead atoms. The first-order valence-electron chi connectivity index (χ1n) is 6.08. The van der Waals surface area contributed by atoms with Crippen molar-refractivity contribution in [2.24, 2.45) is 0 Å². The maximum Gasteiger partial charge on any atom is 0.146 e. The molecule has 2 aromatic rings. The van der Waals surface area contributed by atoms with E-state index in [4.69, 9.17) is 0 Å². The van der Waals surface area contributed by atoms with Crippen LogP contribution in [0, 0.1) is 6.92 Å². The molecule has 0 amide bonds. The number of hydrogen-bond donors (Lipinski definition) is 1. The van der Waals surface area contributed by atoms with E-state index in [-0.39, 0.29) is 0 Å². The lowest BCUT2D eigenvalue weighted by molar-refractivity contribution is 0.574. The number of hydrogen-bond acceptors (Lipinski definition) is 3. The summed E-state index contributed by atoms with van der Waals surface area (Å²) in [6.45, 7) is 5.80. The minimum absolute atomic E-state index is 0.683. The molecule has 1 aromatic heterocycles. The summed E-state index contributed by atoms with van der Waals surface area (Å²) in [5.74, 6) is 0.963. The fourth-order valence-electron chi connectivity index (χ4n) is 1.78. The molecule has 0 fully saturated rings. The normalized spacial score (nSPS) is 10.6. The van der Waals surface area contributed by atoms with E-state index in [0.29, 0.717) is 6.54 Å². The first-order valence-corrected chi connectivity index (χ1v) is 6.87. The smallest absolute Gasteiger partial charge is 0.146 e. The Labute approximate surface area is 116 Å². The topological polar surface area (TPSA) is 42.7 Å². The van der Waals surface area contributed by atoms with E-state index in [1.807, 2.05) is 10.7 Å². The van der Waals surface area contributed by atoms with Gasteiger partial charge in [-0.05, 0) is 40.9 Å². The Morgan fingerprint density at radius 3 is 3.00 bits per heavy atom. The van der Waals surface area contributed by atoms with Crippen molar-refractivity contribution >= 4 is 21.6 Å². The highest BCUT2D eigenvalue weighted by atomic mass is 79.9. The Morgan fingerprint density at radius 1 is 1.39 bits per heavy atom. The van der Waals surface area contributed by atoms with E-state index in [1.165, 1.54) is 5.56 Å². The molecule has 0 saturated carbocycles. The lowest BCUT2D eigenvalue weighted by Crippen LogP contribution is -2.10. The molecule has 18 heavy (non-hydrogen) atoms. The number of anilines is 1. The van der Waals surface area contributed by atoms with Gasteiger partial charge in [-0.15, -0.1) is 0 Å². The summed E-state index contributed by atoms with van der Waals surface area (Å²) in [4.78, 5) is 4.28. The van der Waals surface area contributed by atoms with Gasteiger partial charge in [0, 0.05) is 16.7 Å². The number of nitrogens with one attached hydrogen (secondary N) is 1. The second kappa shape index (κ2) is 6.00. The zero-order valence-corrected chi connectivity index (χ0v) is 12.2. The van der Waals surface area contributed by atoms with Crippen LogP contribution in [0.4, 0.5) is 5.69 Å². The molecule has 4 nitrogen and oxygen atoms in total. The van der Waals surface area contributed by atoms with Gasteiger partial charge in [-0.2, -0.15) is 5.10 Å². The van der Waals surface area contributed by atoms with E-state index in [9.17, 15) is 0 Å². The van der Waals surface area contributed by atoms with Crippen LogP contribution in [0.3, 0.4) is 0 Å². The highest BCUT2D eigenvalue weighted by molar-refractivity contribution is 9.10. The Morgan fingerprint density at radius 2 is 2.22 bits per heavy atom. The molecule has 2 rings (SSSR count). The number of halogens is 1. The first kappa shape index (κ1) is 13.1. The van der Waals surface area contributed by atoms with Crippen molar-refractivity contribution in [3.63, 3.8) is 0 Å². The molecule has 1 aromatic carbocycles. The van der Waals surface area contributed by atoms with Gasteiger partial charge in [0.1, 0.15) is 12.2 Å². The van der Waals surface area contributed by atoms with Gasteiger partial charge in [0.15, 0.2) is 0 Å². The predicted octanol–water partition coefficient (Wildman–Crippen LogP) is 3.37. The van der Waals surface area contributed by atoms with Crippen LogP contribution in [0.2, 0.25) is 0 Å². The third kappa shape index (κ3) is 2.90. The van der Waals surface area contributed by atoms with Crippen LogP contribution in [0.1, 0.15) is 24.7 Å². The lowest BCUT2D eigenvalue weighted by Gasteiger charge is -2.10. The second-order valence-electron chi connectivity index (χ2n) is 4.19. The fraction of sp³-hybridized carbons (Fsp3) is 0.385. The standard InChI is InChI=1S/C13H17BrN4/c1-3-7-18-12(16-9-17-18)8-15-11-6-4-5-10(2)13(11)14/h4-6,9,15H,3,7-8H2,1-2H3. The largest absolute Gasteiger partial charge is 0.377 e. The lowest BCUT2D eigenvalue weighted by atomic mass is 10.2. The summed E-state index contributed by atoms with van der Waals surface area (Å²) in [5, 5.41) is 7.60. The molecular weight excluding hydrogens is 292 g/mol. The van der Waals surface area contributed by atoms with Crippen molar-refractivity contribution in [2.75, 3.05) is 5.32 Å². The number of benzene rings is 1. The van der Waals surface area contributed by atoms with Crippen molar-refractivity contribution in [2.45, 2.75) is 33.4 Å². The summed E-state index contributed by atoms with van der Waals surface area (Å²) in [6, 6.07) is 6.17. The third-order valence-corrected chi connectivity index (χ3v) is 3.81. The monoisotopic (exact) mass is 308 g/mol. The van der Waals surface area contributed by atoms with Crippen molar-refractivity contribution in [1.29, 1.82) is 0 Å². The molecule has 96 valence electrons. The zero-order chi connectivity index (χ0) is 13.0. The molecule has 0 aliphatic heterocycles. The van der Waals surface area contributed by atoms with E-state index >= 15 is 0 Å². The van der Waals surface area contributed by atoms with Crippen molar-refractivity contribution < 1.29 is 0 Å². The molecule has 0 saturated heterocycles. The summed E-state index contributed by atoms with van der Waals surface area (Å²) >= 11 is 3.59. The van der Waals surface area contributed by atoms with Crippen molar-refractivity contribution in [3.8, 4) is 0 Å². The summed E-state index contributed by atoms with van der Waals surface area (Å²) < 4.78 is 3.04. The van der Waals surface area contributed by atoms with Crippen LogP contribution in [-0.2, 0) is 13.1 Å². The van der Waals surface area contributed by atoms with Crippen LogP contribution < -0.4 is 5.32 Å². The third-order valence-electron chi connectivity index (χ3n) is 2.76. The van der Waals surface area contributed by atoms with Gasteiger partial charge in [-0.1, -0.05) is 19.1 Å². The van der Waals surface area contributed by atoms with Crippen molar-refractivity contribution in [1.82, 2.24) is 14.8 Å². The molecule has 1 heterocycles. The van der Waals surface area contributed by atoms with Gasteiger partial charge in [0.25, 0.3) is 0 Å². The van der Waals surface area contributed by atoms with Gasteiger partial charge in [0.2, 0.25) is 0 Å². The van der Waals surface area contributed by atoms with E-state index in [2.05, 4.69) is 57.3 Å². The number of nitrogens with zero attached hydrogens (tertiary/aromatic N) is 3. The van der Waals surface area contributed by atoms with E-state index in [0.717, 1.165) is 29.0 Å². The quantitative estimate of drug-likeness (QED) is 0.921. The average Bonchev–Trinajstić information content (AvgIpc) is 2.79. The molecule has 0 aliphatic rings. The molecule has 0 aliphatic carbocycles. The van der Waals surface area contributed by atoms with Gasteiger partial charge in [0.05, 0.1) is 6.54 Å². The molecule has 5 heteroatoms. The summed E-state index contributed by atoms with van der Waals surface area (Å²) in [6.07, 6.45) is 2.67. The SMILES string of the molecule is CCCn1ncnc1CNc1cccc(C)c1Br. The van der Waals surface area contributed by atoms with Gasteiger partial charge >= 0.3 is 0 Å². The van der Waals surface area contributed by atoms with E-state index < -0.39 is 0 Å². The van der Waals surface area contributed by atoms with Crippen LogP contribution in [0.15, 0.2) is 29.0 Å². The molecule has 0 radical (unpaired) electrons. The summed E-state index contributed by atoms with van der Waals surface area (Å²) in [5.41, 5.74) is 2.30. The fourth-order valence-corrected chi connectivity index (χ4v) is 2.19. The number of rotatable bonds is 5. The van der Waals surface area contributed by atoms with E-state index in [1.54, 1.807) is 6.33 Å². The molecule has 0 spiro atoms. The molecule has 1 N–H and O–H groups in total. The Bertz CT molecular complexity index is 521. The molecule has 0 atom stereocenters.